The van der Waals surface area contributed by atoms with Gasteiger partial charge in [-0.1, -0.05) is 20.8 Å². The second kappa shape index (κ2) is 6.37. The summed E-state index contributed by atoms with van der Waals surface area (Å²) >= 11 is 0. The first kappa shape index (κ1) is 13.6. The van der Waals surface area contributed by atoms with E-state index in [2.05, 4.69) is 43.0 Å². The van der Waals surface area contributed by atoms with Crippen molar-refractivity contribution in [3.63, 3.8) is 0 Å². The Morgan fingerprint density at radius 3 is 2.89 bits per heavy atom. The van der Waals surface area contributed by atoms with Crippen LogP contribution in [0.15, 0.2) is 12.3 Å². The molecule has 3 heteroatoms. The Labute approximate surface area is 111 Å². The molecule has 102 valence electrons. The Bertz CT molecular complexity index is 354. The Hall–Kier alpha value is -0.830. The molecule has 0 aliphatic carbocycles. The highest BCUT2D eigenvalue weighted by atomic mass is 15.3. The maximum absolute atomic E-state index is 4.75. The molecule has 0 spiro atoms. The van der Waals surface area contributed by atoms with Gasteiger partial charge < -0.3 is 5.32 Å². The molecule has 0 amide bonds. The number of hydrogen-bond donors (Lipinski definition) is 1. The van der Waals surface area contributed by atoms with Gasteiger partial charge in [0.25, 0.3) is 0 Å². The molecule has 2 rings (SSSR count). The maximum Gasteiger partial charge on any atom is 0.0640 e. The molecule has 1 aromatic heterocycles. The second-order valence-corrected chi connectivity index (χ2v) is 5.74. The summed E-state index contributed by atoms with van der Waals surface area (Å²) in [6, 6.07) is 3.38. The second-order valence-electron chi connectivity index (χ2n) is 5.74. The van der Waals surface area contributed by atoms with E-state index in [-0.39, 0.29) is 0 Å². The lowest BCUT2D eigenvalue weighted by Crippen LogP contribution is -2.38. The van der Waals surface area contributed by atoms with Crippen LogP contribution in [-0.4, -0.2) is 22.4 Å². The molecule has 3 nitrogen and oxygen atoms in total. The van der Waals surface area contributed by atoms with Crippen molar-refractivity contribution in [2.45, 2.75) is 65.0 Å². The minimum Gasteiger partial charge on any atom is -0.314 e. The molecular formula is C15H27N3. The summed E-state index contributed by atoms with van der Waals surface area (Å²) < 4.78 is 2.15. The zero-order valence-electron chi connectivity index (χ0n) is 12.0. The molecule has 0 saturated carbocycles. The molecule has 0 radical (unpaired) electrons. The first-order valence-corrected chi connectivity index (χ1v) is 7.50. The summed E-state index contributed by atoms with van der Waals surface area (Å²) in [4.78, 5) is 0. The van der Waals surface area contributed by atoms with E-state index in [4.69, 9.17) is 5.10 Å². The van der Waals surface area contributed by atoms with Crippen LogP contribution in [0.2, 0.25) is 0 Å². The largest absolute Gasteiger partial charge is 0.314 e. The van der Waals surface area contributed by atoms with Gasteiger partial charge in [0.15, 0.2) is 0 Å². The van der Waals surface area contributed by atoms with Crippen LogP contribution in [0.3, 0.4) is 0 Å². The smallest absolute Gasteiger partial charge is 0.0640 e. The van der Waals surface area contributed by atoms with Crippen LogP contribution < -0.4 is 5.32 Å². The van der Waals surface area contributed by atoms with Crippen LogP contribution in [0.25, 0.3) is 0 Å². The first-order valence-electron chi connectivity index (χ1n) is 7.50. The normalized spacial score (nSPS) is 24.7. The Morgan fingerprint density at radius 1 is 1.44 bits per heavy atom. The Kier molecular flexibility index (Phi) is 4.81. The SMILES string of the molecule is CCC(CC)n1ccc(CC2CC(C)CCN2)n1. The third-order valence-corrected chi connectivity index (χ3v) is 4.19. The summed E-state index contributed by atoms with van der Waals surface area (Å²) in [7, 11) is 0. The summed E-state index contributed by atoms with van der Waals surface area (Å²) in [6.45, 7) is 8.00. The minimum absolute atomic E-state index is 0.567. The topological polar surface area (TPSA) is 29.9 Å². The van der Waals surface area contributed by atoms with Crippen molar-refractivity contribution in [2.24, 2.45) is 5.92 Å². The summed E-state index contributed by atoms with van der Waals surface area (Å²) in [5.74, 6) is 0.859. The molecule has 1 saturated heterocycles. The molecule has 1 aliphatic heterocycles. The molecule has 1 aliphatic rings. The molecule has 2 heterocycles. The van der Waals surface area contributed by atoms with E-state index in [1.807, 2.05) is 0 Å². The quantitative estimate of drug-likeness (QED) is 0.868. The van der Waals surface area contributed by atoms with Gasteiger partial charge >= 0.3 is 0 Å². The van der Waals surface area contributed by atoms with Gasteiger partial charge in [-0.3, -0.25) is 4.68 Å². The third kappa shape index (κ3) is 3.35. The zero-order valence-corrected chi connectivity index (χ0v) is 12.0. The lowest BCUT2D eigenvalue weighted by molar-refractivity contribution is 0.316. The summed E-state index contributed by atoms with van der Waals surface area (Å²) in [5.41, 5.74) is 1.24. The highest BCUT2D eigenvalue weighted by Gasteiger charge is 2.19. The molecule has 0 aromatic carbocycles. The van der Waals surface area contributed by atoms with Gasteiger partial charge in [-0.05, 0) is 44.2 Å². The average molecular weight is 249 g/mol. The van der Waals surface area contributed by atoms with Gasteiger partial charge in [0.2, 0.25) is 0 Å². The van der Waals surface area contributed by atoms with Gasteiger partial charge in [-0.15, -0.1) is 0 Å². The summed E-state index contributed by atoms with van der Waals surface area (Å²) in [5, 5.41) is 8.36. The zero-order chi connectivity index (χ0) is 13.0. The predicted octanol–water partition coefficient (Wildman–Crippen LogP) is 3.17. The molecule has 1 N–H and O–H groups in total. The van der Waals surface area contributed by atoms with E-state index in [0.29, 0.717) is 12.1 Å². The van der Waals surface area contributed by atoms with Gasteiger partial charge in [0.05, 0.1) is 11.7 Å². The summed E-state index contributed by atoms with van der Waals surface area (Å²) in [6.07, 6.45) is 8.17. The minimum atomic E-state index is 0.567. The average Bonchev–Trinajstić information content (AvgIpc) is 2.79. The molecule has 1 fully saturated rings. The van der Waals surface area contributed by atoms with Crippen molar-refractivity contribution in [3.8, 4) is 0 Å². The highest BCUT2D eigenvalue weighted by Crippen LogP contribution is 2.19. The van der Waals surface area contributed by atoms with Crippen molar-refractivity contribution in [1.82, 2.24) is 15.1 Å². The Balaban J connectivity index is 1.93. The molecule has 2 unspecified atom stereocenters. The number of rotatable bonds is 5. The van der Waals surface area contributed by atoms with E-state index in [9.17, 15) is 0 Å². The number of aromatic nitrogens is 2. The molecule has 1 aromatic rings. The van der Waals surface area contributed by atoms with E-state index < -0.39 is 0 Å². The van der Waals surface area contributed by atoms with Crippen LogP contribution in [0.4, 0.5) is 0 Å². The van der Waals surface area contributed by atoms with Gasteiger partial charge in [0, 0.05) is 18.7 Å². The van der Waals surface area contributed by atoms with Crippen LogP contribution in [0.1, 0.15) is 58.2 Å². The van der Waals surface area contributed by atoms with Crippen LogP contribution in [-0.2, 0) is 6.42 Å². The number of piperidine rings is 1. The van der Waals surface area contributed by atoms with Crippen LogP contribution in [0.5, 0.6) is 0 Å². The van der Waals surface area contributed by atoms with Crippen molar-refractivity contribution in [3.05, 3.63) is 18.0 Å². The van der Waals surface area contributed by atoms with E-state index >= 15 is 0 Å². The molecular weight excluding hydrogens is 222 g/mol. The van der Waals surface area contributed by atoms with Gasteiger partial charge in [-0.2, -0.15) is 5.10 Å². The van der Waals surface area contributed by atoms with Crippen molar-refractivity contribution in [1.29, 1.82) is 0 Å². The highest BCUT2D eigenvalue weighted by molar-refractivity contribution is 5.03. The first-order chi connectivity index (χ1) is 8.72. The van der Waals surface area contributed by atoms with Crippen LogP contribution in [0, 0.1) is 5.92 Å². The number of hydrogen-bond acceptors (Lipinski definition) is 2. The lowest BCUT2D eigenvalue weighted by atomic mass is 9.92. The van der Waals surface area contributed by atoms with Crippen LogP contribution >= 0.6 is 0 Å². The fourth-order valence-corrected chi connectivity index (χ4v) is 2.98. The fourth-order valence-electron chi connectivity index (χ4n) is 2.98. The number of nitrogens with one attached hydrogen (secondary N) is 1. The van der Waals surface area contributed by atoms with E-state index in [1.165, 1.54) is 25.1 Å². The lowest BCUT2D eigenvalue weighted by Gasteiger charge is -2.27. The molecule has 18 heavy (non-hydrogen) atoms. The Morgan fingerprint density at radius 2 is 2.22 bits per heavy atom. The predicted molar refractivity (Wildman–Crippen MR) is 75.7 cm³/mol. The van der Waals surface area contributed by atoms with Gasteiger partial charge in [0.1, 0.15) is 0 Å². The molecule has 2 atom stereocenters. The van der Waals surface area contributed by atoms with Crippen molar-refractivity contribution in [2.75, 3.05) is 6.54 Å². The standard InChI is InChI=1S/C15H27N3/c1-4-15(5-2)18-9-7-13(17-18)11-14-10-12(3)6-8-16-14/h7,9,12,14-16H,4-6,8,10-11H2,1-3H3. The maximum atomic E-state index is 4.75. The van der Waals surface area contributed by atoms with Crippen molar-refractivity contribution < 1.29 is 0 Å². The van der Waals surface area contributed by atoms with E-state index in [1.54, 1.807) is 0 Å². The van der Waals surface area contributed by atoms with E-state index in [0.717, 1.165) is 25.2 Å². The third-order valence-electron chi connectivity index (χ3n) is 4.19. The van der Waals surface area contributed by atoms with Crippen molar-refractivity contribution >= 4 is 0 Å². The molecule has 0 bridgehead atoms. The number of nitrogens with zero attached hydrogens (tertiary/aromatic N) is 2. The monoisotopic (exact) mass is 249 g/mol. The van der Waals surface area contributed by atoms with Gasteiger partial charge in [-0.25, -0.2) is 0 Å². The fraction of sp³-hybridized carbons (Fsp3) is 0.800.